The lowest BCUT2D eigenvalue weighted by Crippen LogP contribution is -2.47. The molecule has 86 valence electrons. The number of hydrogen-bond acceptors (Lipinski definition) is 2. The number of hydrogen-bond donors (Lipinski definition) is 2. The third-order valence-corrected chi connectivity index (χ3v) is 4.07. The van der Waals surface area contributed by atoms with Gasteiger partial charge in [-0.05, 0) is 37.8 Å². The molecule has 3 nitrogen and oxygen atoms in total. The van der Waals surface area contributed by atoms with Crippen molar-refractivity contribution >= 4 is 5.91 Å². The Kier molecular flexibility index (Phi) is 2.53. The molecule has 1 heterocycles. The van der Waals surface area contributed by atoms with Crippen LogP contribution in [0.5, 0.6) is 0 Å². The maximum Gasteiger partial charge on any atom is 0.226 e. The Hall–Kier alpha value is -0.570. The van der Waals surface area contributed by atoms with Crippen molar-refractivity contribution in [3.8, 4) is 0 Å². The minimum atomic E-state index is -0.135. The number of rotatable bonds is 2. The summed E-state index contributed by atoms with van der Waals surface area (Å²) in [6, 6.07) is 0.414. The normalized spacial score (nSPS) is 32.1. The summed E-state index contributed by atoms with van der Waals surface area (Å²) in [6.45, 7) is 8.46. The molecule has 2 N–H and O–H groups in total. The molecular formula is C12H22N2O. The van der Waals surface area contributed by atoms with Crippen LogP contribution in [0.25, 0.3) is 0 Å². The van der Waals surface area contributed by atoms with Crippen molar-refractivity contribution in [3.63, 3.8) is 0 Å². The lowest BCUT2D eigenvalue weighted by Gasteiger charge is -2.32. The van der Waals surface area contributed by atoms with Crippen molar-refractivity contribution < 1.29 is 4.79 Å². The first-order valence-corrected chi connectivity index (χ1v) is 5.96. The summed E-state index contributed by atoms with van der Waals surface area (Å²) in [5.41, 5.74) is 0.197. The molecular weight excluding hydrogens is 188 g/mol. The zero-order chi connectivity index (χ0) is 11.1. The van der Waals surface area contributed by atoms with Gasteiger partial charge in [0.05, 0.1) is 0 Å². The molecule has 0 aromatic rings. The molecule has 0 bridgehead atoms. The van der Waals surface area contributed by atoms with E-state index in [0.717, 1.165) is 32.4 Å². The van der Waals surface area contributed by atoms with Crippen molar-refractivity contribution in [1.82, 2.24) is 10.6 Å². The molecule has 1 aliphatic heterocycles. The van der Waals surface area contributed by atoms with Crippen LogP contribution in [-0.4, -0.2) is 25.0 Å². The third kappa shape index (κ3) is 2.17. The molecule has 2 rings (SSSR count). The van der Waals surface area contributed by atoms with Crippen LogP contribution in [0.4, 0.5) is 0 Å². The molecule has 0 radical (unpaired) electrons. The second-order valence-electron chi connectivity index (χ2n) is 6.03. The highest BCUT2D eigenvalue weighted by molar-refractivity contribution is 5.83. The van der Waals surface area contributed by atoms with E-state index in [1.807, 2.05) is 0 Å². The first-order chi connectivity index (χ1) is 6.94. The van der Waals surface area contributed by atoms with E-state index >= 15 is 0 Å². The summed E-state index contributed by atoms with van der Waals surface area (Å²) in [6.07, 6.45) is 3.06. The minimum absolute atomic E-state index is 0.135. The summed E-state index contributed by atoms with van der Waals surface area (Å²) in [4.78, 5) is 12.1. The first-order valence-electron chi connectivity index (χ1n) is 5.96. The van der Waals surface area contributed by atoms with Gasteiger partial charge in [-0.15, -0.1) is 0 Å². The maximum atomic E-state index is 12.1. The summed E-state index contributed by atoms with van der Waals surface area (Å²) < 4.78 is 0. The predicted octanol–water partition coefficient (Wildman–Crippen LogP) is 1.29. The molecule has 1 amide bonds. The van der Waals surface area contributed by atoms with Gasteiger partial charge < -0.3 is 10.6 Å². The lowest BCUT2D eigenvalue weighted by molar-refractivity contribution is -0.131. The van der Waals surface area contributed by atoms with Crippen LogP contribution < -0.4 is 10.6 Å². The van der Waals surface area contributed by atoms with E-state index in [-0.39, 0.29) is 11.3 Å². The van der Waals surface area contributed by atoms with Crippen molar-refractivity contribution in [2.24, 2.45) is 10.8 Å². The average Bonchev–Trinajstić information content (AvgIpc) is 2.75. The smallest absolute Gasteiger partial charge is 0.226 e. The van der Waals surface area contributed by atoms with Gasteiger partial charge in [0.15, 0.2) is 0 Å². The van der Waals surface area contributed by atoms with Gasteiger partial charge in [-0.3, -0.25) is 4.79 Å². The molecule has 3 heteroatoms. The molecule has 1 atom stereocenters. The van der Waals surface area contributed by atoms with Crippen LogP contribution >= 0.6 is 0 Å². The van der Waals surface area contributed by atoms with E-state index in [1.165, 1.54) is 0 Å². The standard InChI is InChI=1S/C12H22N2O/c1-11(2)8-9(11)14-10(15)12(3)4-6-13-7-5-12/h9,13H,4-8H2,1-3H3,(H,14,15). The number of carbonyl (C=O) groups is 1. The Bertz CT molecular complexity index is 267. The maximum absolute atomic E-state index is 12.1. The van der Waals surface area contributed by atoms with Crippen molar-refractivity contribution in [2.45, 2.75) is 46.1 Å². The number of amides is 1. The summed E-state index contributed by atoms with van der Waals surface area (Å²) in [5.74, 6) is 0.263. The van der Waals surface area contributed by atoms with E-state index in [2.05, 4.69) is 31.4 Å². The SMILES string of the molecule is CC1(C(=O)NC2CC2(C)C)CCNCC1. The molecule has 2 aliphatic rings. The molecule has 1 saturated heterocycles. The third-order valence-electron chi connectivity index (χ3n) is 4.07. The van der Waals surface area contributed by atoms with Gasteiger partial charge in [-0.25, -0.2) is 0 Å². The topological polar surface area (TPSA) is 41.1 Å². The highest BCUT2D eigenvalue weighted by atomic mass is 16.2. The van der Waals surface area contributed by atoms with E-state index < -0.39 is 0 Å². The van der Waals surface area contributed by atoms with Crippen molar-refractivity contribution in [2.75, 3.05) is 13.1 Å². The molecule has 0 spiro atoms. The van der Waals surface area contributed by atoms with Crippen LogP contribution in [0.3, 0.4) is 0 Å². The highest BCUT2D eigenvalue weighted by Gasteiger charge is 2.48. The molecule has 0 aromatic heterocycles. The van der Waals surface area contributed by atoms with Gasteiger partial charge >= 0.3 is 0 Å². The lowest BCUT2D eigenvalue weighted by atomic mass is 9.80. The fourth-order valence-corrected chi connectivity index (χ4v) is 2.25. The van der Waals surface area contributed by atoms with Gasteiger partial charge in [0.1, 0.15) is 0 Å². The summed E-state index contributed by atoms with van der Waals surface area (Å²) in [5, 5.41) is 6.49. The van der Waals surface area contributed by atoms with Crippen molar-refractivity contribution in [1.29, 1.82) is 0 Å². The quantitative estimate of drug-likeness (QED) is 0.721. The average molecular weight is 210 g/mol. The zero-order valence-corrected chi connectivity index (χ0v) is 10.0. The fraction of sp³-hybridized carbons (Fsp3) is 0.917. The van der Waals surface area contributed by atoms with Crippen LogP contribution in [0.1, 0.15) is 40.0 Å². The Morgan fingerprint density at radius 2 is 1.80 bits per heavy atom. The highest BCUT2D eigenvalue weighted by Crippen LogP contribution is 2.45. The number of carbonyl (C=O) groups excluding carboxylic acids is 1. The van der Waals surface area contributed by atoms with Gasteiger partial charge in [-0.2, -0.15) is 0 Å². The zero-order valence-electron chi connectivity index (χ0n) is 10.0. The van der Waals surface area contributed by atoms with Crippen molar-refractivity contribution in [3.05, 3.63) is 0 Å². The number of nitrogens with one attached hydrogen (secondary N) is 2. The minimum Gasteiger partial charge on any atom is -0.352 e. The molecule has 2 fully saturated rings. The van der Waals surface area contributed by atoms with Crippen LogP contribution in [0.15, 0.2) is 0 Å². The fourth-order valence-electron chi connectivity index (χ4n) is 2.25. The second-order valence-corrected chi connectivity index (χ2v) is 6.03. The second kappa shape index (κ2) is 3.48. The van der Waals surface area contributed by atoms with Crippen LogP contribution in [-0.2, 0) is 4.79 Å². The number of piperidine rings is 1. The first kappa shape index (κ1) is 10.9. The van der Waals surface area contributed by atoms with Gasteiger partial charge in [0.25, 0.3) is 0 Å². The van der Waals surface area contributed by atoms with Crippen LogP contribution in [0, 0.1) is 10.8 Å². The van der Waals surface area contributed by atoms with E-state index in [1.54, 1.807) is 0 Å². The summed E-state index contributed by atoms with van der Waals surface area (Å²) >= 11 is 0. The van der Waals surface area contributed by atoms with Gasteiger partial charge in [-0.1, -0.05) is 20.8 Å². The van der Waals surface area contributed by atoms with E-state index in [9.17, 15) is 4.79 Å². The largest absolute Gasteiger partial charge is 0.352 e. The summed E-state index contributed by atoms with van der Waals surface area (Å²) in [7, 11) is 0. The molecule has 1 saturated carbocycles. The van der Waals surface area contributed by atoms with Gasteiger partial charge in [0.2, 0.25) is 5.91 Å². The molecule has 15 heavy (non-hydrogen) atoms. The molecule has 0 aromatic carbocycles. The van der Waals surface area contributed by atoms with E-state index in [0.29, 0.717) is 11.5 Å². The molecule has 1 unspecified atom stereocenters. The Morgan fingerprint density at radius 1 is 1.27 bits per heavy atom. The van der Waals surface area contributed by atoms with Crippen LogP contribution in [0.2, 0.25) is 0 Å². The predicted molar refractivity (Wildman–Crippen MR) is 60.5 cm³/mol. The Balaban J connectivity index is 1.90. The van der Waals surface area contributed by atoms with E-state index in [4.69, 9.17) is 0 Å². The Labute approximate surface area is 92.0 Å². The monoisotopic (exact) mass is 210 g/mol. The van der Waals surface area contributed by atoms with Gasteiger partial charge in [0, 0.05) is 11.5 Å². The Morgan fingerprint density at radius 3 is 2.27 bits per heavy atom. The molecule has 1 aliphatic carbocycles.